The molecule has 30 heavy (non-hydrogen) atoms. The molecule has 2 aliphatic rings. The largest absolute Gasteiger partial charge is 0.507 e. The highest BCUT2D eigenvalue weighted by Crippen LogP contribution is 2.47. The van der Waals surface area contributed by atoms with Crippen LogP contribution in [0.3, 0.4) is 0 Å². The van der Waals surface area contributed by atoms with E-state index in [0.717, 1.165) is 0 Å². The second-order valence-corrected chi connectivity index (χ2v) is 7.58. The molecule has 1 heterocycles. The number of carbonyl (C=O) groups is 1. The molecule has 0 radical (unpaired) electrons. The average Bonchev–Trinajstić information content (AvgIpc) is 2.73. The SMILES string of the molecule is O=C1c2c(O)cccc2C([C@H]2OC(CO)[C@H](O)[C@H](O)C2O)c2cc(CO)cc(O)c21. The standard InChI is InChI=1S/C21H22O9/c22-6-8-4-10-14(21-20(29)19(28)17(26)13(7-23)30-21)9-2-1-3-11(24)15(9)18(27)16(10)12(25)5-8/h1-5,13-14,17,19-26,28-29H,6-7H2/t13?,14?,17-,19-,20?,21+/m0/s1. The van der Waals surface area contributed by atoms with Crippen LogP contribution >= 0.6 is 0 Å². The molecule has 0 aromatic heterocycles. The summed E-state index contributed by atoms with van der Waals surface area (Å²) in [4.78, 5) is 13.1. The van der Waals surface area contributed by atoms with Crippen LogP contribution in [0.4, 0.5) is 0 Å². The molecule has 1 aliphatic heterocycles. The van der Waals surface area contributed by atoms with Gasteiger partial charge in [-0.15, -0.1) is 0 Å². The Kier molecular flexibility index (Phi) is 5.27. The molecular weight excluding hydrogens is 396 g/mol. The minimum Gasteiger partial charge on any atom is -0.507 e. The summed E-state index contributed by atoms with van der Waals surface area (Å²) in [7, 11) is 0. The molecule has 6 atom stereocenters. The molecule has 7 N–H and O–H groups in total. The zero-order chi connectivity index (χ0) is 21.7. The van der Waals surface area contributed by atoms with E-state index in [0.29, 0.717) is 5.56 Å². The topological polar surface area (TPSA) is 168 Å². The van der Waals surface area contributed by atoms with Gasteiger partial charge in [0.1, 0.15) is 35.9 Å². The average molecular weight is 418 g/mol. The van der Waals surface area contributed by atoms with Crippen LogP contribution in [0.25, 0.3) is 0 Å². The molecule has 4 rings (SSSR count). The number of phenols is 2. The lowest BCUT2D eigenvalue weighted by Crippen LogP contribution is -2.60. The Balaban J connectivity index is 1.96. The van der Waals surface area contributed by atoms with Crippen LogP contribution in [-0.2, 0) is 11.3 Å². The van der Waals surface area contributed by atoms with Crippen molar-refractivity contribution in [3.63, 3.8) is 0 Å². The van der Waals surface area contributed by atoms with Gasteiger partial charge in [0.2, 0.25) is 5.78 Å². The number of phenolic OH excluding ortho intramolecular Hbond substituents is 2. The van der Waals surface area contributed by atoms with Crippen molar-refractivity contribution in [3.05, 3.63) is 58.1 Å². The molecule has 1 saturated heterocycles. The second kappa shape index (κ2) is 7.62. The van der Waals surface area contributed by atoms with Gasteiger partial charge in [-0.1, -0.05) is 18.2 Å². The highest BCUT2D eigenvalue weighted by molar-refractivity contribution is 6.16. The molecule has 2 aromatic carbocycles. The highest BCUT2D eigenvalue weighted by atomic mass is 16.5. The molecule has 0 spiro atoms. The minimum absolute atomic E-state index is 0.0843. The predicted octanol–water partition coefficient (Wildman–Crippen LogP) is -0.891. The van der Waals surface area contributed by atoms with E-state index in [1.165, 1.54) is 24.3 Å². The van der Waals surface area contributed by atoms with Crippen molar-refractivity contribution in [2.45, 2.75) is 43.0 Å². The number of aliphatic hydroxyl groups excluding tert-OH is 5. The number of rotatable bonds is 3. The first kappa shape index (κ1) is 20.7. The summed E-state index contributed by atoms with van der Waals surface area (Å²) in [5.74, 6) is -2.34. The van der Waals surface area contributed by atoms with Gasteiger partial charge in [0, 0.05) is 5.92 Å². The number of fused-ring (bicyclic) bond motifs is 2. The maximum Gasteiger partial charge on any atom is 0.201 e. The molecule has 0 bridgehead atoms. The quantitative estimate of drug-likeness (QED) is 0.334. The molecule has 1 fully saturated rings. The van der Waals surface area contributed by atoms with Gasteiger partial charge >= 0.3 is 0 Å². The predicted molar refractivity (Wildman–Crippen MR) is 101 cm³/mol. The molecule has 3 unspecified atom stereocenters. The number of aromatic hydroxyl groups is 2. The van der Waals surface area contributed by atoms with Crippen LogP contribution < -0.4 is 0 Å². The summed E-state index contributed by atoms with van der Waals surface area (Å²) in [6.45, 7) is -1.06. The third kappa shape index (κ3) is 2.99. The maximum absolute atomic E-state index is 13.1. The first-order chi connectivity index (χ1) is 14.3. The molecule has 160 valence electrons. The van der Waals surface area contributed by atoms with Gasteiger partial charge < -0.3 is 40.5 Å². The molecule has 1 aliphatic carbocycles. The van der Waals surface area contributed by atoms with Gasteiger partial charge in [-0.05, 0) is 28.8 Å². The number of ketones is 1. The van der Waals surface area contributed by atoms with Gasteiger partial charge in [-0.25, -0.2) is 0 Å². The lowest BCUT2D eigenvalue weighted by atomic mass is 9.71. The Morgan fingerprint density at radius 1 is 0.867 bits per heavy atom. The van der Waals surface area contributed by atoms with Gasteiger partial charge in [0.15, 0.2) is 0 Å². The first-order valence-electron chi connectivity index (χ1n) is 9.43. The fourth-order valence-corrected chi connectivity index (χ4v) is 4.41. The smallest absolute Gasteiger partial charge is 0.201 e. The van der Waals surface area contributed by atoms with Crippen LogP contribution in [-0.4, -0.2) is 78.7 Å². The third-order valence-corrected chi connectivity index (χ3v) is 5.85. The molecular formula is C21H22O9. The van der Waals surface area contributed by atoms with E-state index in [9.17, 15) is 40.5 Å². The van der Waals surface area contributed by atoms with E-state index in [1.807, 2.05) is 0 Å². The fraction of sp³-hybridized carbons (Fsp3) is 0.381. The van der Waals surface area contributed by atoms with Crippen molar-refractivity contribution in [1.29, 1.82) is 0 Å². The summed E-state index contributed by atoms with van der Waals surface area (Å²) in [5, 5.41) is 71.0. The summed E-state index contributed by atoms with van der Waals surface area (Å²) >= 11 is 0. The summed E-state index contributed by atoms with van der Waals surface area (Å²) in [6.07, 6.45) is -7.22. The fourth-order valence-electron chi connectivity index (χ4n) is 4.41. The van der Waals surface area contributed by atoms with Crippen molar-refractivity contribution >= 4 is 5.78 Å². The Morgan fingerprint density at radius 2 is 1.57 bits per heavy atom. The van der Waals surface area contributed by atoms with E-state index >= 15 is 0 Å². The Labute approximate surface area is 171 Å². The zero-order valence-corrected chi connectivity index (χ0v) is 15.7. The van der Waals surface area contributed by atoms with E-state index < -0.39 is 61.2 Å². The molecule has 0 amide bonds. The third-order valence-electron chi connectivity index (χ3n) is 5.85. The monoisotopic (exact) mass is 418 g/mol. The Hall–Kier alpha value is -2.53. The Morgan fingerprint density at radius 3 is 2.23 bits per heavy atom. The van der Waals surface area contributed by atoms with Gasteiger partial charge in [-0.2, -0.15) is 0 Å². The van der Waals surface area contributed by atoms with E-state index in [-0.39, 0.29) is 28.0 Å². The zero-order valence-electron chi connectivity index (χ0n) is 15.7. The lowest BCUT2D eigenvalue weighted by Gasteiger charge is -2.45. The molecule has 2 aromatic rings. The van der Waals surface area contributed by atoms with Gasteiger partial charge in [-0.3, -0.25) is 4.79 Å². The number of hydrogen-bond donors (Lipinski definition) is 7. The van der Waals surface area contributed by atoms with E-state index in [4.69, 9.17) is 4.74 Å². The van der Waals surface area contributed by atoms with Crippen LogP contribution in [0.1, 0.15) is 38.5 Å². The molecule has 0 saturated carbocycles. The molecule has 9 nitrogen and oxygen atoms in total. The first-order valence-corrected chi connectivity index (χ1v) is 9.43. The van der Waals surface area contributed by atoms with Crippen molar-refractivity contribution in [2.24, 2.45) is 0 Å². The van der Waals surface area contributed by atoms with Crippen molar-refractivity contribution < 1.29 is 45.3 Å². The number of benzene rings is 2. The van der Waals surface area contributed by atoms with Crippen LogP contribution in [0.5, 0.6) is 11.5 Å². The number of hydrogen-bond acceptors (Lipinski definition) is 9. The van der Waals surface area contributed by atoms with Crippen LogP contribution in [0, 0.1) is 0 Å². The van der Waals surface area contributed by atoms with Crippen LogP contribution in [0.2, 0.25) is 0 Å². The normalized spacial score (nSPS) is 30.6. The maximum atomic E-state index is 13.1. The number of aliphatic hydroxyl groups is 5. The summed E-state index contributed by atoms with van der Waals surface area (Å²) in [5.41, 5.74) is 0.609. The highest BCUT2D eigenvalue weighted by Gasteiger charge is 2.50. The summed E-state index contributed by atoms with van der Waals surface area (Å²) in [6, 6.07) is 7.06. The van der Waals surface area contributed by atoms with E-state index in [1.54, 1.807) is 6.07 Å². The second-order valence-electron chi connectivity index (χ2n) is 7.58. The van der Waals surface area contributed by atoms with Gasteiger partial charge in [0.05, 0.1) is 30.4 Å². The summed E-state index contributed by atoms with van der Waals surface area (Å²) < 4.78 is 5.73. The number of ether oxygens (including phenoxy) is 1. The van der Waals surface area contributed by atoms with Crippen molar-refractivity contribution in [2.75, 3.05) is 6.61 Å². The lowest BCUT2D eigenvalue weighted by molar-refractivity contribution is -0.232. The Bertz CT molecular complexity index is 987. The van der Waals surface area contributed by atoms with Gasteiger partial charge in [0.25, 0.3) is 0 Å². The van der Waals surface area contributed by atoms with Crippen molar-refractivity contribution in [3.8, 4) is 11.5 Å². The minimum atomic E-state index is -1.64. The van der Waals surface area contributed by atoms with Crippen molar-refractivity contribution in [1.82, 2.24) is 0 Å². The van der Waals surface area contributed by atoms with E-state index in [2.05, 4.69) is 0 Å². The molecule has 9 heteroatoms. The number of carbonyl (C=O) groups excluding carboxylic acids is 1. The van der Waals surface area contributed by atoms with Crippen LogP contribution in [0.15, 0.2) is 30.3 Å².